The number of carbonyl (C=O) groups excluding carboxylic acids is 1. The summed E-state index contributed by atoms with van der Waals surface area (Å²) in [5.74, 6) is 1.19. The SMILES string of the molecule is COc1ccc(N2C(=O)[C@H](C(C)C)[C@H]2CC2N=NN=N2)cc1. The minimum absolute atomic E-state index is 0.00639. The molecule has 1 fully saturated rings. The highest BCUT2D eigenvalue weighted by Crippen LogP contribution is 2.40. The van der Waals surface area contributed by atoms with Crippen LogP contribution < -0.4 is 9.64 Å². The number of nitrogens with zero attached hydrogens (tertiary/aromatic N) is 5. The zero-order valence-corrected chi connectivity index (χ0v) is 12.9. The first-order valence-electron chi connectivity index (χ1n) is 7.39. The fourth-order valence-corrected chi connectivity index (χ4v) is 3.11. The lowest BCUT2D eigenvalue weighted by atomic mass is 9.76. The van der Waals surface area contributed by atoms with Crippen LogP contribution in [0.1, 0.15) is 20.3 Å². The first-order chi connectivity index (χ1) is 10.6. The molecular weight excluding hydrogens is 282 g/mol. The molecule has 1 aromatic rings. The third-order valence-corrected chi connectivity index (χ3v) is 4.20. The zero-order chi connectivity index (χ0) is 15.7. The van der Waals surface area contributed by atoms with E-state index in [1.165, 1.54) is 0 Å². The largest absolute Gasteiger partial charge is 0.497 e. The van der Waals surface area contributed by atoms with Crippen molar-refractivity contribution in [2.24, 2.45) is 32.5 Å². The van der Waals surface area contributed by atoms with E-state index in [0.717, 1.165) is 11.4 Å². The summed E-state index contributed by atoms with van der Waals surface area (Å²) in [6.45, 7) is 4.14. The molecule has 2 atom stereocenters. The molecule has 3 rings (SSSR count). The molecule has 1 amide bonds. The molecule has 1 aromatic carbocycles. The standard InChI is InChI=1S/C15H19N5O2/c1-9(2)14-12(8-13-16-18-19-17-13)20(15(14)21)10-4-6-11(22-3)7-5-10/h4-7,9,12-14H,8H2,1-3H3/t12-,14-/m1/s1. The van der Waals surface area contributed by atoms with Gasteiger partial charge in [0, 0.05) is 12.1 Å². The molecule has 0 bridgehead atoms. The second-order valence-corrected chi connectivity index (χ2v) is 5.87. The number of ether oxygens (including phenoxy) is 1. The molecule has 22 heavy (non-hydrogen) atoms. The highest BCUT2D eigenvalue weighted by molar-refractivity contribution is 6.03. The molecule has 2 heterocycles. The van der Waals surface area contributed by atoms with Gasteiger partial charge in [0.2, 0.25) is 5.91 Å². The smallest absolute Gasteiger partial charge is 0.232 e. The van der Waals surface area contributed by atoms with E-state index in [0.29, 0.717) is 6.42 Å². The Balaban J connectivity index is 1.82. The average Bonchev–Trinajstić information content (AvgIpc) is 3.00. The van der Waals surface area contributed by atoms with Gasteiger partial charge in [0.15, 0.2) is 6.17 Å². The third-order valence-electron chi connectivity index (χ3n) is 4.20. The predicted octanol–water partition coefficient (Wildman–Crippen LogP) is 3.23. The molecule has 2 aliphatic heterocycles. The van der Waals surface area contributed by atoms with E-state index in [9.17, 15) is 4.79 Å². The first-order valence-corrected chi connectivity index (χ1v) is 7.39. The van der Waals surface area contributed by atoms with Crippen molar-refractivity contribution in [2.45, 2.75) is 32.5 Å². The second kappa shape index (κ2) is 5.82. The van der Waals surface area contributed by atoms with Crippen LogP contribution in [0.15, 0.2) is 44.9 Å². The lowest BCUT2D eigenvalue weighted by Crippen LogP contribution is -2.63. The Morgan fingerprint density at radius 3 is 2.36 bits per heavy atom. The minimum Gasteiger partial charge on any atom is -0.497 e. The van der Waals surface area contributed by atoms with Crippen molar-refractivity contribution >= 4 is 11.6 Å². The van der Waals surface area contributed by atoms with Crippen LogP contribution >= 0.6 is 0 Å². The summed E-state index contributed by atoms with van der Waals surface area (Å²) in [7, 11) is 1.62. The lowest BCUT2D eigenvalue weighted by molar-refractivity contribution is -0.132. The summed E-state index contributed by atoms with van der Waals surface area (Å²) in [6, 6.07) is 7.59. The van der Waals surface area contributed by atoms with Gasteiger partial charge in [-0.1, -0.05) is 13.8 Å². The van der Waals surface area contributed by atoms with Crippen LogP contribution in [0, 0.1) is 11.8 Å². The van der Waals surface area contributed by atoms with Crippen molar-refractivity contribution in [1.29, 1.82) is 0 Å². The number of anilines is 1. The molecule has 0 N–H and O–H groups in total. The number of carbonyl (C=O) groups is 1. The lowest BCUT2D eigenvalue weighted by Gasteiger charge is -2.49. The molecule has 0 aromatic heterocycles. The number of methoxy groups -OCH3 is 1. The van der Waals surface area contributed by atoms with E-state index in [1.807, 2.05) is 29.2 Å². The van der Waals surface area contributed by atoms with E-state index in [4.69, 9.17) is 4.74 Å². The Labute approximate surface area is 129 Å². The predicted molar refractivity (Wildman–Crippen MR) is 80.7 cm³/mol. The van der Waals surface area contributed by atoms with E-state index in [2.05, 4.69) is 34.5 Å². The Kier molecular flexibility index (Phi) is 3.87. The number of benzene rings is 1. The highest BCUT2D eigenvalue weighted by atomic mass is 16.5. The summed E-state index contributed by atoms with van der Waals surface area (Å²) in [4.78, 5) is 14.4. The molecule has 2 aliphatic rings. The normalized spacial score (nSPS) is 24.2. The molecule has 0 aliphatic carbocycles. The van der Waals surface area contributed by atoms with Gasteiger partial charge in [-0.3, -0.25) is 4.79 Å². The van der Waals surface area contributed by atoms with Crippen LogP contribution in [-0.2, 0) is 4.79 Å². The Bertz CT molecular complexity index is 599. The maximum absolute atomic E-state index is 12.5. The van der Waals surface area contributed by atoms with Gasteiger partial charge in [-0.05, 0) is 40.6 Å². The average molecular weight is 301 g/mol. The second-order valence-electron chi connectivity index (χ2n) is 5.87. The monoisotopic (exact) mass is 301 g/mol. The number of hydrogen-bond donors (Lipinski definition) is 0. The van der Waals surface area contributed by atoms with E-state index >= 15 is 0 Å². The van der Waals surface area contributed by atoms with Gasteiger partial charge in [-0.25, -0.2) is 0 Å². The van der Waals surface area contributed by atoms with Crippen LogP contribution in [0.4, 0.5) is 5.69 Å². The summed E-state index contributed by atoms with van der Waals surface area (Å²) >= 11 is 0. The van der Waals surface area contributed by atoms with Crippen LogP contribution in [0.5, 0.6) is 5.75 Å². The first kappa shape index (κ1) is 14.6. The van der Waals surface area contributed by atoms with E-state index in [1.54, 1.807) is 7.11 Å². The summed E-state index contributed by atoms with van der Waals surface area (Å²) in [5.41, 5.74) is 0.875. The highest BCUT2D eigenvalue weighted by Gasteiger charge is 2.50. The van der Waals surface area contributed by atoms with Crippen molar-refractivity contribution in [1.82, 2.24) is 0 Å². The van der Waals surface area contributed by atoms with Crippen molar-refractivity contribution in [3.05, 3.63) is 24.3 Å². The Hall–Kier alpha value is -2.31. The molecular formula is C15H19N5O2. The third kappa shape index (κ3) is 2.47. The summed E-state index contributed by atoms with van der Waals surface area (Å²) in [6.07, 6.45) is 0.369. The van der Waals surface area contributed by atoms with E-state index in [-0.39, 0.29) is 30.0 Å². The Morgan fingerprint density at radius 2 is 1.82 bits per heavy atom. The van der Waals surface area contributed by atoms with Gasteiger partial charge in [-0.15, -0.1) is 10.2 Å². The van der Waals surface area contributed by atoms with Crippen molar-refractivity contribution in [3.63, 3.8) is 0 Å². The topological polar surface area (TPSA) is 79.0 Å². The van der Waals surface area contributed by atoms with E-state index < -0.39 is 0 Å². The van der Waals surface area contributed by atoms with Crippen LogP contribution in [0.2, 0.25) is 0 Å². The number of β-lactam (4-membered cyclic amide) rings is 1. The van der Waals surface area contributed by atoms with Crippen LogP contribution in [0.3, 0.4) is 0 Å². The van der Waals surface area contributed by atoms with Crippen LogP contribution in [-0.4, -0.2) is 25.2 Å². The maximum atomic E-state index is 12.5. The van der Waals surface area contributed by atoms with Crippen molar-refractivity contribution < 1.29 is 9.53 Å². The summed E-state index contributed by atoms with van der Waals surface area (Å²) < 4.78 is 5.16. The molecule has 0 saturated carbocycles. The van der Waals surface area contributed by atoms with Gasteiger partial charge >= 0.3 is 0 Å². The van der Waals surface area contributed by atoms with Crippen molar-refractivity contribution in [3.8, 4) is 5.75 Å². The quantitative estimate of drug-likeness (QED) is 0.782. The molecule has 7 heteroatoms. The minimum atomic E-state index is -0.278. The molecule has 116 valence electrons. The van der Waals surface area contributed by atoms with Crippen molar-refractivity contribution in [2.75, 3.05) is 12.0 Å². The Morgan fingerprint density at radius 1 is 1.18 bits per heavy atom. The molecule has 7 nitrogen and oxygen atoms in total. The zero-order valence-electron chi connectivity index (χ0n) is 12.9. The summed E-state index contributed by atoms with van der Waals surface area (Å²) in [5, 5.41) is 15.0. The number of hydrogen-bond acceptors (Lipinski definition) is 6. The van der Waals surface area contributed by atoms with Gasteiger partial charge < -0.3 is 9.64 Å². The molecule has 0 spiro atoms. The molecule has 0 radical (unpaired) electrons. The van der Waals surface area contributed by atoms with Crippen LogP contribution in [0.25, 0.3) is 0 Å². The molecule has 0 unspecified atom stereocenters. The van der Waals surface area contributed by atoms with Gasteiger partial charge in [-0.2, -0.15) is 0 Å². The fraction of sp³-hybridized carbons (Fsp3) is 0.533. The maximum Gasteiger partial charge on any atom is 0.232 e. The molecule has 1 saturated heterocycles. The van der Waals surface area contributed by atoms with Gasteiger partial charge in [0.25, 0.3) is 0 Å². The van der Waals surface area contributed by atoms with Gasteiger partial charge in [0.05, 0.1) is 19.1 Å². The van der Waals surface area contributed by atoms with Gasteiger partial charge in [0.1, 0.15) is 5.75 Å². The fourth-order valence-electron chi connectivity index (χ4n) is 3.11. The number of rotatable bonds is 5. The number of amides is 1.